The monoisotopic (exact) mass is 291 g/mol. The number of carbonyl (C=O) groups is 1. The topological polar surface area (TPSA) is 72.5 Å². The lowest BCUT2D eigenvalue weighted by molar-refractivity contribution is -0.139. The van der Waals surface area contributed by atoms with Gasteiger partial charge in [-0.1, -0.05) is 23.7 Å². The van der Waals surface area contributed by atoms with Crippen LogP contribution in [0.25, 0.3) is 0 Å². The van der Waals surface area contributed by atoms with Crippen molar-refractivity contribution in [2.45, 2.75) is 12.7 Å². The lowest BCUT2D eigenvalue weighted by Crippen LogP contribution is -2.31. The first kappa shape index (κ1) is 14.9. The van der Waals surface area contributed by atoms with Crippen LogP contribution in [0.2, 0.25) is 5.02 Å². The predicted molar refractivity (Wildman–Crippen MR) is 68.8 cm³/mol. The second-order valence-corrected chi connectivity index (χ2v) is 5.89. The van der Waals surface area contributed by atoms with Crippen LogP contribution in [-0.2, 0) is 25.3 Å². The summed E-state index contributed by atoms with van der Waals surface area (Å²) in [5, 5.41) is 0.510. The van der Waals surface area contributed by atoms with Crippen molar-refractivity contribution in [1.29, 1.82) is 0 Å². The quantitative estimate of drug-likeness (QED) is 0.829. The van der Waals surface area contributed by atoms with E-state index in [-0.39, 0.29) is 12.3 Å². The summed E-state index contributed by atoms with van der Waals surface area (Å²) in [4.78, 5) is 10.9. The van der Waals surface area contributed by atoms with Gasteiger partial charge in [-0.2, -0.15) is 0 Å². The van der Waals surface area contributed by atoms with E-state index in [1.54, 1.807) is 25.1 Å². The van der Waals surface area contributed by atoms with Gasteiger partial charge in [-0.25, -0.2) is 13.1 Å². The summed E-state index contributed by atoms with van der Waals surface area (Å²) in [6, 6.07) is 5.05. The number of carbonyl (C=O) groups excluding carboxylic acids is 1. The van der Waals surface area contributed by atoms with Crippen molar-refractivity contribution in [3.63, 3.8) is 0 Å². The zero-order valence-electron chi connectivity index (χ0n) is 10.1. The molecule has 0 bridgehead atoms. The third-order valence-corrected chi connectivity index (χ3v) is 4.07. The number of hydrogen-bond donors (Lipinski definition) is 1. The second-order valence-electron chi connectivity index (χ2n) is 3.68. The zero-order valence-corrected chi connectivity index (χ0v) is 11.6. The van der Waals surface area contributed by atoms with Gasteiger partial charge in [-0.15, -0.1) is 0 Å². The predicted octanol–water partition coefficient (Wildman–Crippen LogP) is 1.24. The average Bonchev–Trinajstić information content (AvgIpc) is 2.32. The summed E-state index contributed by atoms with van der Waals surface area (Å²) in [7, 11) is -2.40. The van der Waals surface area contributed by atoms with Crippen LogP contribution in [0.3, 0.4) is 0 Å². The van der Waals surface area contributed by atoms with Crippen molar-refractivity contribution in [3.8, 4) is 0 Å². The van der Waals surface area contributed by atoms with Gasteiger partial charge in [-0.05, 0) is 24.1 Å². The summed E-state index contributed by atoms with van der Waals surface area (Å²) in [6.07, 6.45) is 0. The Morgan fingerprint density at radius 2 is 2.11 bits per heavy atom. The van der Waals surface area contributed by atoms with Crippen molar-refractivity contribution < 1.29 is 17.9 Å². The molecule has 0 aliphatic heterocycles. The summed E-state index contributed by atoms with van der Waals surface area (Å²) >= 11 is 5.90. The van der Waals surface area contributed by atoms with E-state index < -0.39 is 16.0 Å². The molecule has 0 aliphatic rings. The Bertz CT molecular complexity index is 542. The van der Waals surface area contributed by atoms with E-state index in [2.05, 4.69) is 9.46 Å². The van der Waals surface area contributed by atoms with E-state index in [1.165, 1.54) is 7.11 Å². The van der Waals surface area contributed by atoms with Crippen LogP contribution in [0.4, 0.5) is 0 Å². The van der Waals surface area contributed by atoms with E-state index in [4.69, 9.17) is 11.6 Å². The Hall–Kier alpha value is -1.11. The number of ether oxygens (including phenoxy) is 1. The number of halogens is 1. The molecule has 18 heavy (non-hydrogen) atoms. The molecule has 0 spiro atoms. The highest BCUT2D eigenvalue weighted by atomic mass is 35.5. The Kier molecular flexibility index (Phi) is 5.13. The molecule has 0 radical (unpaired) electrons. The van der Waals surface area contributed by atoms with Gasteiger partial charge in [0.15, 0.2) is 0 Å². The summed E-state index contributed by atoms with van der Waals surface area (Å²) < 4.78 is 30.0. The van der Waals surface area contributed by atoms with Gasteiger partial charge in [0, 0.05) is 5.02 Å². The highest BCUT2D eigenvalue weighted by Gasteiger charge is 2.15. The molecule has 0 aromatic heterocycles. The number of methoxy groups -OCH3 is 1. The van der Waals surface area contributed by atoms with Gasteiger partial charge in [0.25, 0.3) is 0 Å². The molecule has 1 N–H and O–H groups in total. The third-order valence-electron chi connectivity index (χ3n) is 2.39. The number of sulfonamides is 1. The average molecular weight is 292 g/mol. The van der Waals surface area contributed by atoms with Crippen LogP contribution in [0.15, 0.2) is 18.2 Å². The van der Waals surface area contributed by atoms with Gasteiger partial charge in [0.1, 0.15) is 6.54 Å². The molecule has 0 saturated carbocycles. The largest absolute Gasteiger partial charge is 0.468 e. The standard InChI is InChI=1S/C11H14ClNO4S/c1-8-9(4-3-5-10(8)12)7-18(15,16)13-6-11(14)17-2/h3-5,13H,6-7H2,1-2H3. The molecule has 0 saturated heterocycles. The van der Waals surface area contributed by atoms with Crippen molar-refractivity contribution in [2.24, 2.45) is 0 Å². The molecule has 0 heterocycles. The minimum atomic E-state index is -3.59. The Balaban J connectivity index is 2.77. The first-order valence-electron chi connectivity index (χ1n) is 5.14. The molecular weight excluding hydrogens is 278 g/mol. The third kappa shape index (κ3) is 4.29. The number of benzene rings is 1. The molecule has 5 nitrogen and oxygen atoms in total. The molecule has 0 amide bonds. The van der Waals surface area contributed by atoms with Gasteiger partial charge < -0.3 is 4.74 Å². The lowest BCUT2D eigenvalue weighted by Gasteiger charge is -2.09. The first-order valence-corrected chi connectivity index (χ1v) is 7.17. The maximum absolute atomic E-state index is 11.7. The van der Waals surface area contributed by atoms with E-state index >= 15 is 0 Å². The van der Waals surface area contributed by atoms with Crippen molar-refractivity contribution >= 4 is 27.6 Å². The molecule has 0 unspecified atom stereocenters. The Labute approximate surface area is 111 Å². The number of esters is 1. The number of rotatable bonds is 5. The summed E-state index contributed by atoms with van der Waals surface area (Å²) in [5.41, 5.74) is 1.31. The second kappa shape index (κ2) is 6.17. The molecule has 100 valence electrons. The fraction of sp³-hybridized carbons (Fsp3) is 0.364. The first-order chi connectivity index (χ1) is 8.35. The van der Waals surface area contributed by atoms with Crippen LogP contribution >= 0.6 is 11.6 Å². The minimum Gasteiger partial charge on any atom is -0.468 e. The number of nitrogens with one attached hydrogen (secondary N) is 1. The maximum Gasteiger partial charge on any atom is 0.320 e. The van der Waals surface area contributed by atoms with E-state index in [0.717, 1.165) is 0 Å². The normalized spacial score (nSPS) is 11.3. The zero-order chi connectivity index (χ0) is 13.8. The van der Waals surface area contributed by atoms with Gasteiger partial charge >= 0.3 is 5.97 Å². The molecule has 0 atom stereocenters. The SMILES string of the molecule is COC(=O)CNS(=O)(=O)Cc1cccc(Cl)c1C. The van der Waals surface area contributed by atoms with Gasteiger partial charge in [0.05, 0.1) is 12.9 Å². The Morgan fingerprint density at radius 1 is 1.44 bits per heavy atom. The van der Waals surface area contributed by atoms with Crippen LogP contribution in [-0.4, -0.2) is 28.0 Å². The lowest BCUT2D eigenvalue weighted by atomic mass is 10.1. The maximum atomic E-state index is 11.7. The fourth-order valence-corrected chi connectivity index (χ4v) is 2.66. The van der Waals surface area contributed by atoms with Crippen molar-refractivity contribution in [1.82, 2.24) is 4.72 Å². The molecule has 7 heteroatoms. The minimum absolute atomic E-state index is 0.226. The smallest absolute Gasteiger partial charge is 0.320 e. The van der Waals surface area contributed by atoms with Gasteiger partial charge in [-0.3, -0.25) is 4.79 Å². The van der Waals surface area contributed by atoms with E-state index in [1.807, 2.05) is 0 Å². The van der Waals surface area contributed by atoms with Crippen molar-refractivity contribution in [3.05, 3.63) is 34.3 Å². The molecular formula is C11H14ClNO4S. The number of hydrogen-bond acceptors (Lipinski definition) is 4. The van der Waals surface area contributed by atoms with Crippen LogP contribution in [0.5, 0.6) is 0 Å². The van der Waals surface area contributed by atoms with Gasteiger partial charge in [0.2, 0.25) is 10.0 Å². The molecule has 0 aliphatic carbocycles. The highest BCUT2D eigenvalue weighted by Crippen LogP contribution is 2.20. The van der Waals surface area contributed by atoms with Crippen LogP contribution in [0.1, 0.15) is 11.1 Å². The van der Waals surface area contributed by atoms with Crippen LogP contribution in [0, 0.1) is 6.92 Å². The van der Waals surface area contributed by atoms with E-state index in [0.29, 0.717) is 16.1 Å². The van der Waals surface area contributed by atoms with Crippen LogP contribution < -0.4 is 4.72 Å². The summed E-state index contributed by atoms with van der Waals surface area (Å²) in [5.74, 6) is -0.863. The van der Waals surface area contributed by atoms with E-state index in [9.17, 15) is 13.2 Å². The molecule has 1 rings (SSSR count). The molecule has 1 aromatic rings. The molecule has 1 aromatic carbocycles. The Morgan fingerprint density at radius 3 is 2.72 bits per heavy atom. The highest BCUT2D eigenvalue weighted by molar-refractivity contribution is 7.88. The van der Waals surface area contributed by atoms with Crippen molar-refractivity contribution in [2.75, 3.05) is 13.7 Å². The summed E-state index contributed by atoms with van der Waals surface area (Å²) in [6.45, 7) is 1.37. The molecule has 0 fully saturated rings. The fourth-order valence-electron chi connectivity index (χ4n) is 1.31.